The zero-order chi connectivity index (χ0) is 18.8. The molecule has 3 nitrogen and oxygen atoms in total. The number of hydrogen-bond acceptors (Lipinski definition) is 3. The lowest BCUT2D eigenvalue weighted by molar-refractivity contribution is 0.0831. The first-order valence-electron chi connectivity index (χ1n) is 9.77. The summed E-state index contributed by atoms with van der Waals surface area (Å²) in [5.74, 6) is 0.967. The Morgan fingerprint density at radius 1 is 0.923 bits per heavy atom. The van der Waals surface area contributed by atoms with Crippen LogP contribution in [0.15, 0.2) is 54.6 Å². The van der Waals surface area contributed by atoms with Gasteiger partial charge in [0.05, 0.1) is 12.6 Å². The van der Waals surface area contributed by atoms with Crippen molar-refractivity contribution in [3.05, 3.63) is 65.7 Å². The van der Waals surface area contributed by atoms with E-state index in [4.69, 9.17) is 4.74 Å². The molecule has 2 aromatic carbocycles. The molecule has 0 N–H and O–H groups in total. The second kappa shape index (κ2) is 10.8. The van der Waals surface area contributed by atoms with Crippen LogP contribution in [0.4, 0.5) is 0 Å². The van der Waals surface area contributed by atoms with Crippen LogP contribution < -0.4 is 4.74 Å². The van der Waals surface area contributed by atoms with Crippen LogP contribution in [0.5, 0.6) is 5.75 Å². The number of Topliss-reactive ketones (excluding diaryl/α,β-unsaturated/α-hetero) is 1. The van der Waals surface area contributed by atoms with Crippen LogP contribution in [-0.2, 0) is 0 Å². The molecule has 0 aliphatic carbocycles. The van der Waals surface area contributed by atoms with Crippen LogP contribution in [0, 0.1) is 0 Å². The van der Waals surface area contributed by atoms with Crippen molar-refractivity contribution in [1.82, 2.24) is 4.90 Å². The predicted octanol–water partition coefficient (Wildman–Crippen LogP) is 5.52. The first kappa shape index (κ1) is 20.2. The van der Waals surface area contributed by atoms with Gasteiger partial charge >= 0.3 is 0 Å². The Kier molecular flexibility index (Phi) is 8.36. The molecule has 0 heterocycles. The molecule has 1 unspecified atom stereocenters. The van der Waals surface area contributed by atoms with Crippen molar-refractivity contribution in [3.8, 4) is 5.75 Å². The quantitative estimate of drug-likeness (QED) is 0.393. The topological polar surface area (TPSA) is 29.5 Å². The Morgan fingerprint density at radius 2 is 1.58 bits per heavy atom. The van der Waals surface area contributed by atoms with Crippen molar-refractivity contribution in [3.63, 3.8) is 0 Å². The van der Waals surface area contributed by atoms with E-state index >= 15 is 0 Å². The van der Waals surface area contributed by atoms with Crippen LogP contribution in [0.25, 0.3) is 0 Å². The summed E-state index contributed by atoms with van der Waals surface area (Å²) in [5, 5.41) is 0. The van der Waals surface area contributed by atoms with Crippen LogP contribution in [0.3, 0.4) is 0 Å². The number of rotatable bonds is 11. The fourth-order valence-electron chi connectivity index (χ4n) is 3.17. The number of benzene rings is 2. The zero-order valence-electron chi connectivity index (χ0n) is 16.3. The molecular weight excluding hydrogens is 322 g/mol. The molecule has 0 spiro atoms. The second-order valence-corrected chi connectivity index (χ2v) is 6.48. The van der Waals surface area contributed by atoms with Gasteiger partial charge in [-0.15, -0.1) is 0 Å². The van der Waals surface area contributed by atoms with Gasteiger partial charge in [-0.25, -0.2) is 0 Å². The van der Waals surface area contributed by atoms with Crippen LogP contribution in [-0.4, -0.2) is 30.4 Å². The number of hydrogen-bond donors (Lipinski definition) is 0. The molecule has 2 aromatic rings. The zero-order valence-corrected chi connectivity index (χ0v) is 16.3. The SMILES string of the molecule is CCCCCOc1ccc(C(=O)C(c2ccccc2)N(CC)CC)cc1. The summed E-state index contributed by atoms with van der Waals surface area (Å²) in [6, 6.07) is 17.4. The highest BCUT2D eigenvalue weighted by molar-refractivity contribution is 6.00. The van der Waals surface area contributed by atoms with Gasteiger partial charge in [-0.3, -0.25) is 9.69 Å². The van der Waals surface area contributed by atoms with E-state index in [1.165, 1.54) is 12.8 Å². The smallest absolute Gasteiger partial charge is 0.184 e. The van der Waals surface area contributed by atoms with E-state index in [1.807, 2.05) is 54.6 Å². The third kappa shape index (κ3) is 5.43. The summed E-state index contributed by atoms with van der Waals surface area (Å²) in [4.78, 5) is 15.4. The van der Waals surface area contributed by atoms with Crippen molar-refractivity contribution in [2.75, 3.05) is 19.7 Å². The molecule has 0 fully saturated rings. The molecule has 140 valence electrons. The molecule has 0 saturated heterocycles. The lowest BCUT2D eigenvalue weighted by Gasteiger charge is -2.29. The van der Waals surface area contributed by atoms with E-state index < -0.39 is 0 Å². The minimum absolute atomic E-state index is 0.137. The lowest BCUT2D eigenvalue weighted by atomic mass is 9.96. The van der Waals surface area contributed by atoms with Gasteiger partial charge in [-0.05, 0) is 49.3 Å². The molecule has 2 rings (SSSR count). The number of likely N-dealkylation sites (N-methyl/N-ethyl adjacent to an activating group) is 1. The largest absolute Gasteiger partial charge is 0.494 e. The lowest BCUT2D eigenvalue weighted by Crippen LogP contribution is -2.34. The fourth-order valence-corrected chi connectivity index (χ4v) is 3.17. The molecule has 0 aliphatic heterocycles. The molecule has 3 heteroatoms. The van der Waals surface area contributed by atoms with E-state index in [0.29, 0.717) is 0 Å². The maximum absolute atomic E-state index is 13.2. The van der Waals surface area contributed by atoms with Gasteiger partial charge in [-0.2, -0.15) is 0 Å². The summed E-state index contributed by atoms with van der Waals surface area (Å²) in [6.07, 6.45) is 3.43. The van der Waals surface area contributed by atoms with Gasteiger partial charge in [-0.1, -0.05) is 63.9 Å². The minimum Gasteiger partial charge on any atom is -0.494 e. The number of carbonyl (C=O) groups is 1. The summed E-state index contributed by atoms with van der Waals surface area (Å²) in [6.45, 7) is 8.77. The highest BCUT2D eigenvalue weighted by Gasteiger charge is 2.26. The molecule has 0 radical (unpaired) electrons. The monoisotopic (exact) mass is 353 g/mol. The van der Waals surface area contributed by atoms with Gasteiger partial charge in [0.2, 0.25) is 0 Å². The van der Waals surface area contributed by atoms with Crippen LogP contribution in [0.2, 0.25) is 0 Å². The van der Waals surface area contributed by atoms with Gasteiger partial charge in [0.15, 0.2) is 5.78 Å². The molecule has 0 amide bonds. The molecule has 0 bridgehead atoms. The van der Waals surface area contributed by atoms with Crippen LogP contribution in [0.1, 0.15) is 62.0 Å². The van der Waals surface area contributed by atoms with Gasteiger partial charge in [0.1, 0.15) is 5.75 Å². The second-order valence-electron chi connectivity index (χ2n) is 6.48. The molecule has 0 aromatic heterocycles. The number of nitrogens with zero attached hydrogens (tertiary/aromatic N) is 1. The average Bonchev–Trinajstić information content (AvgIpc) is 2.70. The Balaban J connectivity index is 2.15. The van der Waals surface area contributed by atoms with E-state index in [-0.39, 0.29) is 11.8 Å². The number of ether oxygens (including phenoxy) is 1. The number of ketones is 1. The summed E-state index contributed by atoms with van der Waals surface area (Å²) >= 11 is 0. The maximum atomic E-state index is 13.2. The molecule has 0 saturated carbocycles. The van der Waals surface area contributed by atoms with Crippen LogP contribution >= 0.6 is 0 Å². The predicted molar refractivity (Wildman–Crippen MR) is 108 cm³/mol. The van der Waals surface area contributed by atoms with Crippen molar-refractivity contribution >= 4 is 5.78 Å². The Hall–Kier alpha value is -2.13. The summed E-state index contributed by atoms with van der Waals surface area (Å²) < 4.78 is 5.76. The number of unbranched alkanes of at least 4 members (excludes halogenated alkanes) is 2. The van der Waals surface area contributed by atoms with Gasteiger partial charge < -0.3 is 4.74 Å². The Labute approximate surface area is 158 Å². The van der Waals surface area contributed by atoms with E-state index in [2.05, 4.69) is 25.7 Å². The fraction of sp³-hybridized carbons (Fsp3) is 0.435. The normalized spacial score (nSPS) is 12.2. The average molecular weight is 354 g/mol. The third-order valence-electron chi connectivity index (χ3n) is 4.70. The van der Waals surface area contributed by atoms with Crippen molar-refractivity contribution in [1.29, 1.82) is 0 Å². The first-order chi connectivity index (χ1) is 12.7. The summed E-state index contributed by atoms with van der Waals surface area (Å²) in [7, 11) is 0. The van der Waals surface area contributed by atoms with Crippen molar-refractivity contribution in [2.45, 2.75) is 46.1 Å². The molecular formula is C23H31NO2. The van der Waals surface area contributed by atoms with Gasteiger partial charge in [0, 0.05) is 5.56 Å². The Morgan fingerprint density at radius 3 is 2.15 bits per heavy atom. The highest BCUT2D eigenvalue weighted by Crippen LogP contribution is 2.26. The standard InChI is InChI=1S/C23H31NO2/c1-4-7-11-18-26-21-16-14-20(15-17-21)23(25)22(24(5-2)6-3)19-12-9-8-10-13-19/h8-10,12-17,22H,4-7,11,18H2,1-3H3. The molecule has 1 atom stereocenters. The number of carbonyl (C=O) groups excluding carboxylic acids is 1. The van der Waals surface area contributed by atoms with E-state index in [9.17, 15) is 4.79 Å². The van der Waals surface area contributed by atoms with E-state index in [0.717, 1.165) is 43.0 Å². The van der Waals surface area contributed by atoms with Crippen molar-refractivity contribution < 1.29 is 9.53 Å². The minimum atomic E-state index is -0.248. The van der Waals surface area contributed by atoms with E-state index in [1.54, 1.807) is 0 Å². The first-order valence-corrected chi connectivity index (χ1v) is 9.77. The molecule has 0 aliphatic rings. The highest BCUT2D eigenvalue weighted by atomic mass is 16.5. The maximum Gasteiger partial charge on any atom is 0.184 e. The third-order valence-corrected chi connectivity index (χ3v) is 4.70. The van der Waals surface area contributed by atoms with Crippen molar-refractivity contribution in [2.24, 2.45) is 0 Å². The van der Waals surface area contributed by atoms with Gasteiger partial charge in [0.25, 0.3) is 0 Å². The molecule has 26 heavy (non-hydrogen) atoms. The Bertz CT molecular complexity index is 648. The summed E-state index contributed by atoms with van der Waals surface area (Å²) in [5.41, 5.74) is 1.77.